The van der Waals surface area contributed by atoms with Gasteiger partial charge in [-0.15, -0.1) is 11.6 Å². The minimum absolute atomic E-state index is 0.720. The van der Waals surface area contributed by atoms with Crippen molar-refractivity contribution in [1.82, 2.24) is 0 Å². The van der Waals surface area contributed by atoms with E-state index in [4.69, 9.17) is 20.5 Å². The van der Waals surface area contributed by atoms with Crippen LogP contribution in [0.5, 0.6) is 0 Å². The standard InChI is InChI=1S/C13H27ClO2Si/c1-3-15-17(16-4-2,12-8-7-11-14)13-9-5-6-10-13/h13H,3-12H2,1-2H3. The largest absolute Gasteiger partial charge is 0.394 e. The zero-order valence-corrected chi connectivity index (χ0v) is 13.1. The Morgan fingerprint density at radius 2 is 1.65 bits per heavy atom. The summed E-state index contributed by atoms with van der Waals surface area (Å²) in [7, 11) is -1.96. The number of hydrogen-bond donors (Lipinski definition) is 0. The zero-order valence-electron chi connectivity index (χ0n) is 11.3. The molecule has 0 saturated heterocycles. The Morgan fingerprint density at radius 3 is 2.12 bits per heavy atom. The Bertz CT molecular complexity index is 190. The highest BCUT2D eigenvalue weighted by atomic mass is 35.5. The van der Waals surface area contributed by atoms with Gasteiger partial charge in [-0.2, -0.15) is 0 Å². The predicted octanol–water partition coefficient (Wildman–Crippen LogP) is 4.46. The Labute approximate surface area is 112 Å². The molecule has 1 rings (SSSR count). The first kappa shape index (κ1) is 15.5. The van der Waals surface area contributed by atoms with Crippen molar-refractivity contribution in [3.8, 4) is 0 Å². The molecular formula is C13H27ClO2Si. The van der Waals surface area contributed by atoms with E-state index in [0.29, 0.717) is 0 Å². The Morgan fingerprint density at radius 1 is 1.06 bits per heavy atom. The van der Waals surface area contributed by atoms with Crippen LogP contribution in [0, 0.1) is 0 Å². The van der Waals surface area contributed by atoms with E-state index in [-0.39, 0.29) is 0 Å². The molecule has 0 atom stereocenters. The molecule has 0 radical (unpaired) electrons. The molecule has 1 aliphatic rings. The van der Waals surface area contributed by atoms with Gasteiger partial charge in [0.2, 0.25) is 0 Å². The van der Waals surface area contributed by atoms with Crippen LogP contribution in [0.1, 0.15) is 52.4 Å². The molecule has 0 spiro atoms. The molecular weight excluding hydrogens is 252 g/mol. The van der Waals surface area contributed by atoms with Crippen LogP contribution >= 0.6 is 11.6 Å². The average molecular weight is 279 g/mol. The van der Waals surface area contributed by atoms with Gasteiger partial charge in [0.1, 0.15) is 0 Å². The van der Waals surface area contributed by atoms with Crippen molar-refractivity contribution in [1.29, 1.82) is 0 Å². The molecule has 1 aliphatic carbocycles. The van der Waals surface area contributed by atoms with E-state index in [1.54, 1.807) is 0 Å². The molecule has 0 unspecified atom stereocenters. The summed E-state index contributed by atoms with van der Waals surface area (Å²) in [4.78, 5) is 0. The van der Waals surface area contributed by atoms with Gasteiger partial charge in [0, 0.05) is 24.6 Å². The molecule has 102 valence electrons. The minimum Gasteiger partial charge on any atom is -0.394 e. The van der Waals surface area contributed by atoms with E-state index in [0.717, 1.165) is 43.5 Å². The zero-order chi connectivity index (χ0) is 12.6. The van der Waals surface area contributed by atoms with Crippen LogP contribution in [-0.2, 0) is 8.85 Å². The second-order valence-corrected chi connectivity index (χ2v) is 8.70. The van der Waals surface area contributed by atoms with Crippen LogP contribution in [0.4, 0.5) is 0 Å². The fourth-order valence-electron chi connectivity index (χ4n) is 2.95. The SMILES string of the molecule is CCO[Si](CCCCCl)(OCC)C1CCCC1. The third-order valence-electron chi connectivity index (χ3n) is 3.66. The van der Waals surface area contributed by atoms with E-state index < -0.39 is 8.56 Å². The highest BCUT2D eigenvalue weighted by Crippen LogP contribution is 2.42. The molecule has 2 nitrogen and oxygen atoms in total. The van der Waals surface area contributed by atoms with Crippen molar-refractivity contribution >= 4 is 20.2 Å². The summed E-state index contributed by atoms with van der Waals surface area (Å²) in [5.41, 5.74) is 0.720. The van der Waals surface area contributed by atoms with Crippen molar-refractivity contribution in [2.75, 3.05) is 19.1 Å². The van der Waals surface area contributed by atoms with E-state index >= 15 is 0 Å². The summed E-state index contributed by atoms with van der Waals surface area (Å²) in [5, 5.41) is 0. The smallest absolute Gasteiger partial charge is 0.341 e. The van der Waals surface area contributed by atoms with Crippen LogP contribution in [0.25, 0.3) is 0 Å². The van der Waals surface area contributed by atoms with Crippen molar-refractivity contribution < 1.29 is 8.85 Å². The lowest BCUT2D eigenvalue weighted by Crippen LogP contribution is -2.46. The van der Waals surface area contributed by atoms with Gasteiger partial charge < -0.3 is 8.85 Å². The first-order valence-corrected chi connectivity index (χ1v) is 9.76. The van der Waals surface area contributed by atoms with Crippen molar-refractivity contribution in [3.05, 3.63) is 0 Å². The summed E-state index contributed by atoms with van der Waals surface area (Å²) in [6.07, 6.45) is 7.58. The molecule has 1 fully saturated rings. The molecule has 17 heavy (non-hydrogen) atoms. The summed E-state index contributed by atoms with van der Waals surface area (Å²) >= 11 is 5.78. The lowest BCUT2D eigenvalue weighted by Gasteiger charge is -2.35. The highest BCUT2D eigenvalue weighted by Gasteiger charge is 2.45. The first-order valence-electron chi connectivity index (χ1n) is 7.13. The molecule has 0 amide bonds. The first-order chi connectivity index (χ1) is 8.29. The topological polar surface area (TPSA) is 18.5 Å². The summed E-state index contributed by atoms with van der Waals surface area (Å²) in [6, 6.07) is 1.13. The average Bonchev–Trinajstić information content (AvgIpc) is 2.83. The predicted molar refractivity (Wildman–Crippen MR) is 76.0 cm³/mol. The third kappa shape index (κ3) is 4.55. The maximum atomic E-state index is 6.17. The van der Waals surface area contributed by atoms with Gasteiger partial charge in [-0.3, -0.25) is 0 Å². The summed E-state index contributed by atoms with van der Waals surface area (Å²) in [6.45, 7) is 5.78. The monoisotopic (exact) mass is 278 g/mol. The van der Waals surface area contributed by atoms with E-state index in [2.05, 4.69) is 13.8 Å². The molecule has 0 aromatic heterocycles. The van der Waals surface area contributed by atoms with Crippen molar-refractivity contribution in [2.24, 2.45) is 0 Å². The van der Waals surface area contributed by atoms with Gasteiger partial charge in [-0.05, 0) is 39.2 Å². The Balaban J connectivity index is 2.62. The second-order valence-electron chi connectivity index (χ2n) is 4.81. The maximum absolute atomic E-state index is 6.17. The highest BCUT2D eigenvalue weighted by molar-refractivity contribution is 6.69. The number of alkyl halides is 1. The van der Waals surface area contributed by atoms with Gasteiger partial charge in [0.25, 0.3) is 0 Å². The number of halogens is 1. The van der Waals surface area contributed by atoms with Gasteiger partial charge in [0.05, 0.1) is 0 Å². The molecule has 0 heterocycles. The Hall–Kier alpha value is 0.427. The molecule has 1 saturated carbocycles. The fourth-order valence-corrected chi connectivity index (χ4v) is 7.39. The van der Waals surface area contributed by atoms with Gasteiger partial charge in [0.15, 0.2) is 0 Å². The van der Waals surface area contributed by atoms with Gasteiger partial charge in [-0.1, -0.05) is 19.3 Å². The van der Waals surface area contributed by atoms with Crippen molar-refractivity contribution in [3.63, 3.8) is 0 Å². The number of hydrogen-bond acceptors (Lipinski definition) is 2. The quantitative estimate of drug-likeness (QED) is 0.352. The molecule has 0 N–H and O–H groups in total. The normalized spacial score (nSPS) is 17.8. The fraction of sp³-hybridized carbons (Fsp3) is 1.00. The Kier molecular flexibility index (Phi) is 7.76. The van der Waals surface area contributed by atoms with Crippen LogP contribution in [0.2, 0.25) is 11.6 Å². The molecule has 0 bridgehead atoms. The lowest BCUT2D eigenvalue weighted by molar-refractivity contribution is 0.171. The van der Waals surface area contributed by atoms with Gasteiger partial charge in [-0.25, -0.2) is 0 Å². The molecule has 0 aliphatic heterocycles. The van der Waals surface area contributed by atoms with Crippen LogP contribution < -0.4 is 0 Å². The number of unbranched alkanes of at least 4 members (excludes halogenated alkanes) is 1. The molecule has 4 heteroatoms. The summed E-state index contributed by atoms with van der Waals surface area (Å²) < 4.78 is 12.3. The molecule has 0 aromatic carbocycles. The van der Waals surface area contributed by atoms with Gasteiger partial charge >= 0.3 is 8.56 Å². The van der Waals surface area contributed by atoms with Crippen LogP contribution in [0.15, 0.2) is 0 Å². The summed E-state index contributed by atoms with van der Waals surface area (Å²) in [5.74, 6) is 0.757. The number of rotatable bonds is 9. The van der Waals surface area contributed by atoms with Crippen LogP contribution in [-0.4, -0.2) is 27.7 Å². The van der Waals surface area contributed by atoms with Crippen LogP contribution in [0.3, 0.4) is 0 Å². The van der Waals surface area contributed by atoms with E-state index in [1.165, 1.54) is 25.7 Å². The second kappa shape index (κ2) is 8.52. The lowest BCUT2D eigenvalue weighted by atomic mass is 10.4. The molecule has 0 aromatic rings. The minimum atomic E-state index is -1.96. The van der Waals surface area contributed by atoms with E-state index in [1.807, 2.05) is 0 Å². The maximum Gasteiger partial charge on any atom is 0.341 e. The third-order valence-corrected chi connectivity index (χ3v) is 8.36. The van der Waals surface area contributed by atoms with E-state index in [9.17, 15) is 0 Å². The van der Waals surface area contributed by atoms with Crippen molar-refractivity contribution in [2.45, 2.75) is 64.0 Å².